The standard InChI is InChI=1S/C24H25N3O2/c1-17(2)18-10-12-20(13-11-18)27-15-14-26(24(27)29)16-23(28)25-22-9-5-7-19-6-3-4-8-21(19)22/h3-13,17H,14-16H2,1-2H3,(H,25,28). The Morgan fingerprint density at radius 1 is 0.966 bits per heavy atom. The lowest BCUT2D eigenvalue weighted by Gasteiger charge is -2.19. The fraction of sp³-hybridized carbons (Fsp3) is 0.250. The first-order valence-electron chi connectivity index (χ1n) is 9.97. The molecule has 0 saturated carbocycles. The van der Waals surface area contributed by atoms with E-state index in [1.165, 1.54) is 5.56 Å². The lowest BCUT2D eigenvalue weighted by molar-refractivity contribution is -0.116. The van der Waals surface area contributed by atoms with Gasteiger partial charge >= 0.3 is 6.03 Å². The van der Waals surface area contributed by atoms with Crippen LogP contribution in [0.3, 0.4) is 0 Å². The average molecular weight is 387 g/mol. The smallest absolute Gasteiger partial charge is 0.324 e. The van der Waals surface area contributed by atoms with Gasteiger partial charge in [0.1, 0.15) is 6.54 Å². The topological polar surface area (TPSA) is 52.6 Å². The van der Waals surface area contributed by atoms with Crippen molar-refractivity contribution in [3.8, 4) is 0 Å². The van der Waals surface area contributed by atoms with Crippen LogP contribution in [0, 0.1) is 0 Å². The molecule has 29 heavy (non-hydrogen) atoms. The highest BCUT2D eigenvalue weighted by molar-refractivity contribution is 6.04. The molecular weight excluding hydrogens is 362 g/mol. The molecule has 1 aliphatic rings. The normalized spacial score (nSPS) is 14.1. The summed E-state index contributed by atoms with van der Waals surface area (Å²) in [6.07, 6.45) is 0. The van der Waals surface area contributed by atoms with Crippen LogP contribution in [0.25, 0.3) is 10.8 Å². The average Bonchev–Trinajstić information content (AvgIpc) is 3.08. The number of hydrogen-bond acceptors (Lipinski definition) is 2. The minimum atomic E-state index is -0.188. The van der Waals surface area contributed by atoms with Gasteiger partial charge < -0.3 is 10.2 Å². The Balaban J connectivity index is 1.42. The molecule has 1 heterocycles. The fourth-order valence-corrected chi connectivity index (χ4v) is 3.71. The summed E-state index contributed by atoms with van der Waals surface area (Å²) in [4.78, 5) is 28.7. The molecule has 1 aliphatic heterocycles. The number of urea groups is 1. The van der Waals surface area contributed by atoms with Crippen LogP contribution in [0.1, 0.15) is 25.3 Å². The molecule has 3 aromatic carbocycles. The van der Waals surface area contributed by atoms with Gasteiger partial charge in [-0.1, -0.05) is 62.4 Å². The van der Waals surface area contributed by atoms with Crippen molar-refractivity contribution in [3.05, 3.63) is 72.3 Å². The lowest BCUT2D eigenvalue weighted by atomic mass is 10.0. The van der Waals surface area contributed by atoms with Gasteiger partial charge in [0.05, 0.1) is 0 Å². The number of benzene rings is 3. The summed E-state index contributed by atoms with van der Waals surface area (Å²) in [6.45, 7) is 5.45. The molecule has 3 amide bonds. The molecule has 0 aliphatic carbocycles. The van der Waals surface area contributed by atoms with E-state index in [9.17, 15) is 9.59 Å². The third-order valence-electron chi connectivity index (χ3n) is 5.36. The molecule has 0 spiro atoms. The van der Waals surface area contributed by atoms with Gasteiger partial charge in [0.25, 0.3) is 0 Å². The first-order chi connectivity index (χ1) is 14.0. The van der Waals surface area contributed by atoms with Crippen molar-refractivity contribution in [3.63, 3.8) is 0 Å². The number of amides is 3. The Kier molecular flexibility index (Phi) is 5.21. The largest absolute Gasteiger partial charge is 0.325 e. The first kappa shape index (κ1) is 19.0. The maximum absolute atomic E-state index is 12.8. The van der Waals surface area contributed by atoms with Crippen molar-refractivity contribution in [1.29, 1.82) is 0 Å². The summed E-state index contributed by atoms with van der Waals surface area (Å²) >= 11 is 0. The molecule has 0 aromatic heterocycles. The maximum atomic E-state index is 12.8. The number of nitrogens with zero attached hydrogens (tertiary/aromatic N) is 2. The van der Waals surface area contributed by atoms with Crippen molar-refractivity contribution in [2.24, 2.45) is 0 Å². The SMILES string of the molecule is CC(C)c1ccc(N2CCN(CC(=O)Nc3cccc4ccccc34)C2=O)cc1. The zero-order valence-corrected chi connectivity index (χ0v) is 16.8. The Morgan fingerprint density at radius 3 is 2.45 bits per heavy atom. The van der Waals surface area contributed by atoms with Gasteiger partial charge in [0.2, 0.25) is 5.91 Å². The van der Waals surface area contributed by atoms with E-state index >= 15 is 0 Å². The van der Waals surface area contributed by atoms with Gasteiger partial charge in [-0.05, 0) is 35.1 Å². The van der Waals surface area contributed by atoms with Crippen LogP contribution < -0.4 is 10.2 Å². The molecule has 4 rings (SSSR count). The van der Waals surface area contributed by atoms with E-state index < -0.39 is 0 Å². The van der Waals surface area contributed by atoms with Crippen molar-refractivity contribution in [2.45, 2.75) is 19.8 Å². The third-order valence-corrected chi connectivity index (χ3v) is 5.36. The molecule has 1 fully saturated rings. The molecule has 5 nitrogen and oxygen atoms in total. The lowest BCUT2D eigenvalue weighted by Crippen LogP contribution is -2.37. The summed E-state index contributed by atoms with van der Waals surface area (Å²) < 4.78 is 0. The van der Waals surface area contributed by atoms with Gasteiger partial charge in [-0.15, -0.1) is 0 Å². The van der Waals surface area contributed by atoms with E-state index in [4.69, 9.17) is 0 Å². The molecule has 0 atom stereocenters. The molecule has 1 saturated heterocycles. The van der Waals surface area contributed by atoms with E-state index in [0.717, 1.165) is 22.1 Å². The third kappa shape index (κ3) is 3.94. The van der Waals surface area contributed by atoms with Crippen molar-refractivity contribution >= 4 is 34.1 Å². The first-order valence-corrected chi connectivity index (χ1v) is 9.97. The van der Waals surface area contributed by atoms with Crippen molar-refractivity contribution in [2.75, 3.05) is 29.9 Å². The monoisotopic (exact) mass is 387 g/mol. The van der Waals surface area contributed by atoms with Crippen molar-refractivity contribution < 1.29 is 9.59 Å². The molecule has 5 heteroatoms. The van der Waals surface area contributed by atoms with E-state index in [1.54, 1.807) is 9.80 Å². The van der Waals surface area contributed by atoms with Gasteiger partial charge in [-0.3, -0.25) is 9.69 Å². The molecule has 0 unspecified atom stereocenters. The van der Waals surface area contributed by atoms with Gasteiger partial charge in [-0.2, -0.15) is 0 Å². The van der Waals surface area contributed by atoms with E-state index in [0.29, 0.717) is 19.0 Å². The Morgan fingerprint density at radius 2 is 1.69 bits per heavy atom. The Labute approximate surface area is 170 Å². The number of carbonyl (C=O) groups is 2. The molecule has 3 aromatic rings. The number of rotatable bonds is 5. The summed E-state index contributed by atoms with van der Waals surface area (Å²) in [5.74, 6) is 0.263. The number of anilines is 2. The minimum absolute atomic E-state index is 0.0443. The Hall–Kier alpha value is -3.34. The highest BCUT2D eigenvalue weighted by Crippen LogP contribution is 2.25. The molecule has 0 radical (unpaired) electrons. The van der Waals surface area contributed by atoms with Crippen molar-refractivity contribution in [1.82, 2.24) is 4.90 Å². The maximum Gasteiger partial charge on any atom is 0.325 e. The van der Waals surface area contributed by atoms with E-state index in [-0.39, 0.29) is 18.5 Å². The van der Waals surface area contributed by atoms with Crippen LogP contribution in [0.2, 0.25) is 0 Å². The number of carbonyl (C=O) groups excluding carboxylic acids is 2. The van der Waals surface area contributed by atoms with Crippen LogP contribution in [0.15, 0.2) is 66.7 Å². The molecule has 0 bridgehead atoms. The molecular formula is C24H25N3O2. The van der Waals surface area contributed by atoms with Crippen LogP contribution >= 0.6 is 0 Å². The Bertz CT molecular complexity index is 1040. The minimum Gasteiger partial charge on any atom is -0.324 e. The van der Waals surface area contributed by atoms with Gasteiger partial charge in [0.15, 0.2) is 0 Å². The van der Waals surface area contributed by atoms with Gasteiger partial charge in [0, 0.05) is 29.9 Å². The van der Waals surface area contributed by atoms with Crippen LogP contribution in [0.5, 0.6) is 0 Å². The number of fused-ring (bicyclic) bond motifs is 1. The molecule has 148 valence electrons. The van der Waals surface area contributed by atoms with E-state index in [2.05, 4.69) is 31.3 Å². The number of hydrogen-bond donors (Lipinski definition) is 1. The summed E-state index contributed by atoms with van der Waals surface area (Å²) in [5, 5.41) is 5.01. The zero-order chi connectivity index (χ0) is 20.4. The zero-order valence-electron chi connectivity index (χ0n) is 16.8. The van der Waals surface area contributed by atoms with Crippen LogP contribution in [0.4, 0.5) is 16.2 Å². The quantitative estimate of drug-likeness (QED) is 0.681. The van der Waals surface area contributed by atoms with Crippen LogP contribution in [-0.2, 0) is 4.79 Å². The second-order valence-electron chi connectivity index (χ2n) is 7.68. The van der Waals surface area contributed by atoms with Crippen LogP contribution in [-0.4, -0.2) is 36.5 Å². The second kappa shape index (κ2) is 7.95. The van der Waals surface area contributed by atoms with Gasteiger partial charge in [-0.25, -0.2) is 4.79 Å². The summed E-state index contributed by atoms with van der Waals surface area (Å²) in [6, 6.07) is 21.7. The predicted octanol–water partition coefficient (Wildman–Crippen LogP) is 4.84. The summed E-state index contributed by atoms with van der Waals surface area (Å²) in [7, 11) is 0. The highest BCUT2D eigenvalue weighted by atomic mass is 16.2. The highest BCUT2D eigenvalue weighted by Gasteiger charge is 2.30. The summed E-state index contributed by atoms with van der Waals surface area (Å²) in [5.41, 5.74) is 2.88. The fourth-order valence-electron chi connectivity index (χ4n) is 3.71. The van der Waals surface area contributed by atoms with E-state index in [1.807, 2.05) is 54.6 Å². The second-order valence-corrected chi connectivity index (χ2v) is 7.68. The molecule has 1 N–H and O–H groups in total. The number of nitrogens with one attached hydrogen (secondary N) is 1. The predicted molar refractivity (Wildman–Crippen MR) is 117 cm³/mol.